The molecule has 30 nitrogen and oxygen atoms in total. The lowest BCUT2D eigenvalue weighted by Crippen LogP contribution is -2.58. The second-order valence-electron chi connectivity index (χ2n) is 25.4. The van der Waals surface area contributed by atoms with Crippen LogP contribution < -0.4 is 51.8 Å². The molecule has 4 aromatic rings. The molecule has 7 N–H and O–H groups in total. The first-order valence-corrected chi connectivity index (χ1v) is 34.1. The topological polar surface area (TPSA) is 384 Å². The number of nitriles is 1. The van der Waals surface area contributed by atoms with E-state index in [1.165, 1.54) is 18.2 Å². The van der Waals surface area contributed by atoms with Gasteiger partial charge in [-0.2, -0.15) is 5.26 Å². The summed E-state index contributed by atoms with van der Waals surface area (Å²) >= 11 is 6.17. The lowest BCUT2D eigenvalue weighted by atomic mass is 9.93. The minimum atomic E-state index is -1.46. The molecule has 13 amide bonds. The molecule has 0 spiro atoms. The highest BCUT2D eigenvalue weighted by atomic mass is 35.5. The van der Waals surface area contributed by atoms with E-state index in [-0.39, 0.29) is 84.6 Å². The van der Waals surface area contributed by atoms with Gasteiger partial charge in [-0.25, -0.2) is 4.39 Å². The number of ether oxygens (including phenoxy) is 1. The number of aromatic nitrogens is 2. The number of piperidine rings is 2. The molecule has 1 unspecified atom stereocenters. The summed E-state index contributed by atoms with van der Waals surface area (Å²) in [6.07, 6.45) is 8.11. The first-order chi connectivity index (χ1) is 48.7. The van der Waals surface area contributed by atoms with Gasteiger partial charge in [-0.1, -0.05) is 48.4 Å². The summed E-state index contributed by atoms with van der Waals surface area (Å²) in [6, 6.07) is 18.7. The molecule has 532 valence electrons. The minimum Gasteiger partial charge on any atom is -0.490 e. The average Bonchev–Trinajstić information content (AvgIpc) is 1.61. The third kappa shape index (κ3) is 19.4. The molecule has 0 radical (unpaired) electrons. The third-order valence-electron chi connectivity index (χ3n) is 18.5. The summed E-state index contributed by atoms with van der Waals surface area (Å²) in [5.74, 6) is -7.91. The van der Waals surface area contributed by atoms with E-state index in [9.17, 15) is 62.3 Å². The van der Waals surface area contributed by atoms with Gasteiger partial charge >= 0.3 is 0 Å². The molecule has 2 atom stereocenters. The Kier molecular flexibility index (Phi) is 24.8. The molecule has 10 rings (SSSR count). The smallest absolute Gasteiger partial charge is 0.272 e. The molecule has 1 aromatic heterocycles. The standard InChI is InChI=1S/C69H78ClFN16O14/c70-50-32-47(13-10-44(50)35-72)101-46-14-11-45(12-15-46)78-66(97)52-16-18-56(81-80-52)84-25-22-43(23-26-84)40-82-27-29-83(30-28-82)55-34-49-48(33-51(55)71)67(98)87(68(49)99)54-17-19-64(95)86(69(54)100)41-77-60(91)37-74-59(90)38-76-65(96)53(31-42-7-3-1-4-8-42)79-61(92)39-75-58(89)36-73-57(88)9-5-2-6-24-85-62(93)20-21-63(85)94/h1,3-4,7-8,10,13,16,18,20-21,32-34,43,45-46,53-54H,2,5-6,9,11-12,14-15,17,19,22-31,36-41H2,(H,73,88)(H,74,90)(H,75,89)(H,76,96)(H,77,91)(H,78,97)(H,79,92)/t45?,46?,53-,54?/m0/s1. The highest BCUT2D eigenvalue weighted by molar-refractivity contribution is 6.31. The van der Waals surface area contributed by atoms with Gasteiger partial charge in [0, 0.05) is 95.9 Å². The van der Waals surface area contributed by atoms with Gasteiger partial charge in [-0.3, -0.25) is 81.9 Å². The van der Waals surface area contributed by atoms with E-state index < -0.39 is 110 Å². The fourth-order valence-electron chi connectivity index (χ4n) is 12.9. The van der Waals surface area contributed by atoms with Gasteiger partial charge in [-0.05, 0) is 106 Å². The maximum atomic E-state index is 16.0. The molecule has 3 saturated heterocycles. The van der Waals surface area contributed by atoms with Crippen LogP contribution in [0.15, 0.2) is 84.9 Å². The molecule has 6 aliphatic rings. The van der Waals surface area contributed by atoms with Crippen molar-refractivity contribution in [1.29, 1.82) is 5.26 Å². The second kappa shape index (κ2) is 34.4. The predicted molar refractivity (Wildman–Crippen MR) is 359 cm³/mol. The molecule has 6 heterocycles. The van der Waals surface area contributed by atoms with E-state index in [1.54, 1.807) is 54.6 Å². The highest BCUT2D eigenvalue weighted by Gasteiger charge is 2.48. The average molecular weight is 1410 g/mol. The Labute approximate surface area is 585 Å². The van der Waals surface area contributed by atoms with Gasteiger partial charge in [-0.15, -0.1) is 10.2 Å². The number of amides is 13. The van der Waals surface area contributed by atoms with Crippen LogP contribution in [0.1, 0.15) is 119 Å². The van der Waals surface area contributed by atoms with Crippen molar-refractivity contribution in [1.82, 2.24) is 67.0 Å². The molecule has 5 aliphatic heterocycles. The highest BCUT2D eigenvalue weighted by Crippen LogP contribution is 2.35. The summed E-state index contributed by atoms with van der Waals surface area (Å²) in [7, 11) is 0. The van der Waals surface area contributed by atoms with Crippen LogP contribution in [-0.2, 0) is 54.4 Å². The van der Waals surface area contributed by atoms with E-state index in [0.29, 0.717) is 84.0 Å². The number of rotatable bonds is 29. The van der Waals surface area contributed by atoms with Crippen molar-refractivity contribution in [2.75, 3.05) is 95.0 Å². The number of nitrogens with one attached hydrogen (secondary N) is 7. The molecular formula is C69H78ClFN16O14. The Morgan fingerprint density at radius 1 is 0.653 bits per heavy atom. The number of hydrogen-bond donors (Lipinski definition) is 7. The van der Waals surface area contributed by atoms with Crippen molar-refractivity contribution in [2.45, 2.75) is 108 Å². The molecule has 3 aromatic carbocycles. The number of imide groups is 3. The Balaban J connectivity index is 0.609. The number of carbonyl (C=O) groups excluding carboxylic acids is 13. The zero-order valence-electron chi connectivity index (χ0n) is 55.4. The number of piperazine rings is 1. The number of nitrogens with zero attached hydrogens (tertiary/aromatic N) is 9. The van der Waals surface area contributed by atoms with Crippen LogP contribution in [-0.4, -0.2) is 216 Å². The molecule has 1 aliphatic carbocycles. The van der Waals surface area contributed by atoms with E-state index in [4.69, 9.17) is 21.6 Å². The predicted octanol–water partition coefficient (Wildman–Crippen LogP) is 1.16. The van der Waals surface area contributed by atoms with Gasteiger partial charge in [0.1, 0.15) is 36.4 Å². The Bertz CT molecular complexity index is 3890. The number of anilines is 2. The van der Waals surface area contributed by atoms with Crippen molar-refractivity contribution in [3.05, 3.63) is 124 Å². The second-order valence-corrected chi connectivity index (χ2v) is 25.9. The van der Waals surface area contributed by atoms with Gasteiger partial charge < -0.3 is 51.8 Å². The maximum Gasteiger partial charge on any atom is 0.272 e. The van der Waals surface area contributed by atoms with Crippen molar-refractivity contribution in [3.8, 4) is 11.8 Å². The maximum absolute atomic E-state index is 16.0. The first kappa shape index (κ1) is 73.0. The molecular weight excluding hydrogens is 1330 g/mol. The van der Waals surface area contributed by atoms with Crippen LogP contribution in [0.25, 0.3) is 0 Å². The summed E-state index contributed by atoms with van der Waals surface area (Å²) < 4.78 is 22.1. The number of fused-ring (bicyclic) bond motifs is 1. The lowest BCUT2D eigenvalue weighted by molar-refractivity contribution is -0.152. The molecule has 4 fully saturated rings. The molecule has 1 saturated carbocycles. The van der Waals surface area contributed by atoms with Crippen LogP contribution in [0.3, 0.4) is 0 Å². The summed E-state index contributed by atoms with van der Waals surface area (Å²) in [5.41, 5.74) is 1.05. The van der Waals surface area contributed by atoms with Crippen LogP contribution >= 0.6 is 11.6 Å². The van der Waals surface area contributed by atoms with E-state index in [2.05, 4.69) is 57.2 Å². The van der Waals surface area contributed by atoms with E-state index >= 15 is 4.39 Å². The van der Waals surface area contributed by atoms with Crippen LogP contribution in [0.5, 0.6) is 5.75 Å². The minimum absolute atomic E-state index is 0.0241. The molecule has 32 heteroatoms. The van der Waals surface area contributed by atoms with Crippen molar-refractivity contribution >= 4 is 99.9 Å². The first-order valence-electron chi connectivity index (χ1n) is 33.7. The monoisotopic (exact) mass is 1410 g/mol. The van der Waals surface area contributed by atoms with E-state index in [1.807, 2.05) is 17.0 Å². The zero-order valence-corrected chi connectivity index (χ0v) is 56.1. The zero-order chi connectivity index (χ0) is 71.7. The third-order valence-corrected chi connectivity index (χ3v) is 18.8. The fraction of sp³-hybridized carbons (Fsp3) is 0.449. The largest absolute Gasteiger partial charge is 0.490 e. The number of unbranched alkanes of at least 4 members (excludes halogenated alkanes) is 2. The summed E-state index contributed by atoms with van der Waals surface area (Å²) in [6.45, 7) is 1.59. The summed E-state index contributed by atoms with van der Waals surface area (Å²) in [4.78, 5) is 177. The van der Waals surface area contributed by atoms with Gasteiger partial charge in [0.15, 0.2) is 11.5 Å². The van der Waals surface area contributed by atoms with Crippen LogP contribution in [0.2, 0.25) is 5.02 Å². The fourth-order valence-corrected chi connectivity index (χ4v) is 13.1. The van der Waals surface area contributed by atoms with Crippen molar-refractivity contribution in [3.63, 3.8) is 0 Å². The van der Waals surface area contributed by atoms with Gasteiger partial charge in [0.25, 0.3) is 35.4 Å². The Morgan fingerprint density at radius 2 is 1.31 bits per heavy atom. The summed E-state index contributed by atoms with van der Waals surface area (Å²) in [5, 5.41) is 35.6. The quantitative estimate of drug-likeness (QED) is 0.0296. The SMILES string of the molecule is N#Cc1ccc(OC2CCC(NC(=O)c3ccc(N4CCC(CN5CCN(c6cc7c(cc6F)C(=O)N(C6CCC(=O)N(CNC(=O)CNC(=O)CNC(=O)[C@H](Cc8ccccc8)NC(=O)CNC(=O)CNC(=O)CCCCCN8C(=O)C=CC8=O)C6=O)C7=O)CC5)CC4)nn3)CC2)cc1Cl. The van der Waals surface area contributed by atoms with Crippen molar-refractivity contribution in [2.24, 2.45) is 5.92 Å². The van der Waals surface area contributed by atoms with Crippen molar-refractivity contribution < 1.29 is 71.5 Å². The number of carbonyl (C=O) groups is 13. The molecule has 101 heavy (non-hydrogen) atoms. The molecule has 0 bridgehead atoms. The number of likely N-dealkylation sites (tertiary alicyclic amines) is 1. The Morgan fingerprint density at radius 3 is 1.97 bits per heavy atom. The lowest BCUT2D eigenvalue weighted by Gasteiger charge is -2.39. The normalized spacial score (nSPS) is 18.9. The Hall–Kier alpha value is -10.7. The number of hydrogen-bond acceptors (Lipinski definition) is 20. The van der Waals surface area contributed by atoms with Gasteiger partial charge in [0.2, 0.25) is 41.4 Å². The van der Waals surface area contributed by atoms with E-state index in [0.717, 1.165) is 74.0 Å². The van der Waals surface area contributed by atoms with Crippen LogP contribution in [0.4, 0.5) is 15.9 Å². The number of benzene rings is 3. The van der Waals surface area contributed by atoms with Gasteiger partial charge in [0.05, 0.1) is 59.7 Å². The number of halogens is 2. The van der Waals surface area contributed by atoms with Crippen LogP contribution in [0, 0.1) is 23.1 Å².